The quantitative estimate of drug-likeness (QED) is 0.737. The van der Waals surface area contributed by atoms with Crippen LogP contribution < -0.4 is 0 Å². The van der Waals surface area contributed by atoms with Crippen LogP contribution in [0.2, 0.25) is 10.0 Å². The first kappa shape index (κ1) is 15.0. The van der Waals surface area contributed by atoms with Crippen LogP contribution in [0, 0.1) is 0 Å². The molecule has 1 heterocycles. The van der Waals surface area contributed by atoms with Crippen molar-refractivity contribution in [3.8, 4) is 0 Å². The lowest BCUT2D eigenvalue weighted by atomic mass is 10.2. The van der Waals surface area contributed by atoms with E-state index in [1.54, 1.807) is 0 Å². The highest BCUT2D eigenvalue weighted by Crippen LogP contribution is 2.32. The van der Waals surface area contributed by atoms with E-state index >= 15 is 0 Å². The van der Waals surface area contributed by atoms with E-state index in [0.717, 1.165) is 0 Å². The summed E-state index contributed by atoms with van der Waals surface area (Å²) in [5.74, 6) is -1.91. The second-order valence-electron chi connectivity index (χ2n) is 4.50. The van der Waals surface area contributed by atoms with Gasteiger partial charge >= 0.3 is 0 Å². The standard InChI is InChI=1S/C14H7Cl2NO4S/c15-8-5-6-9(11(16)7-8)13(18)17-14(19)10-3-1-2-4-12(10)22(17,20)21/h1-7H. The molecule has 0 aromatic heterocycles. The Morgan fingerprint density at radius 3 is 2.36 bits per heavy atom. The highest BCUT2D eigenvalue weighted by molar-refractivity contribution is 7.90. The average Bonchev–Trinajstić information content (AvgIpc) is 2.66. The van der Waals surface area contributed by atoms with Crippen LogP contribution in [0.5, 0.6) is 0 Å². The van der Waals surface area contributed by atoms with Gasteiger partial charge in [-0.2, -0.15) is 4.31 Å². The van der Waals surface area contributed by atoms with E-state index < -0.39 is 21.8 Å². The molecular formula is C14H7Cl2NO4S. The number of rotatable bonds is 1. The molecule has 2 aromatic rings. The lowest BCUT2D eigenvalue weighted by molar-refractivity contribution is 0.0740. The molecule has 0 fully saturated rings. The smallest absolute Gasteiger partial charge is 0.267 e. The van der Waals surface area contributed by atoms with Crippen LogP contribution in [0.25, 0.3) is 0 Å². The molecule has 2 amide bonds. The Labute approximate surface area is 136 Å². The SMILES string of the molecule is O=C(c1ccc(Cl)cc1Cl)N1C(=O)c2ccccc2S1(=O)=O. The van der Waals surface area contributed by atoms with Crippen LogP contribution >= 0.6 is 23.2 Å². The predicted molar refractivity (Wildman–Crippen MR) is 80.6 cm³/mol. The minimum absolute atomic E-state index is 0.0311. The van der Waals surface area contributed by atoms with Crippen molar-refractivity contribution in [1.82, 2.24) is 4.31 Å². The minimum Gasteiger partial charge on any atom is -0.267 e. The second kappa shape index (κ2) is 5.08. The van der Waals surface area contributed by atoms with Crippen molar-refractivity contribution < 1.29 is 18.0 Å². The van der Waals surface area contributed by atoms with Crippen molar-refractivity contribution in [1.29, 1.82) is 0 Å². The number of fused-ring (bicyclic) bond motifs is 1. The number of nitrogens with zero attached hydrogens (tertiary/aromatic N) is 1. The van der Waals surface area contributed by atoms with Crippen LogP contribution in [0.1, 0.15) is 20.7 Å². The maximum atomic E-state index is 12.5. The molecule has 0 aliphatic carbocycles. The third kappa shape index (κ3) is 2.11. The summed E-state index contributed by atoms with van der Waals surface area (Å²) in [7, 11) is -4.23. The number of halogens is 2. The van der Waals surface area contributed by atoms with Crippen LogP contribution in [0.15, 0.2) is 47.4 Å². The van der Waals surface area contributed by atoms with Crippen molar-refractivity contribution >= 4 is 45.0 Å². The number of amides is 2. The van der Waals surface area contributed by atoms with Gasteiger partial charge in [0.05, 0.1) is 16.1 Å². The van der Waals surface area contributed by atoms with E-state index in [-0.39, 0.29) is 25.4 Å². The fourth-order valence-corrected chi connectivity index (χ4v) is 4.16. The molecular weight excluding hydrogens is 349 g/mol. The average molecular weight is 356 g/mol. The predicted octanol–water partition coefficient (Wildman–Crippen LogP) is 2.98. The number of carbonyl (C=O) groups is 2. The third-order valence-corrected chi connectivity index (χ3v) is 5.44. The molecule has 0 saturated heterocycles. The Bertz CT molecular complexity index is 924. The fraction of sp³-hybridized carbons (Fsp3) is 0. The summed E-state index contributed by atoms with van der Waals surface area (Å²) in [5.41, 5.74) is -0.156. The lowest BCUT2D eigenvalue weighted by Gasteiger charge is -2.14. The van der Waals surface area contributed by atoms with Gasteiger partial charge in [-0.1, -0.05) is 35.3 Å². The van der Waals surface area contributed by atoms with E-state index in [2.05, 4.69) is 0 Å². The van der Waals surface area contributed by atoms with Crippen LogP contribution in [-0.4, -0.2) is 24.5 Å². The largest absolute Gasteiger partial charge is 0.276 e. The Balaban J connectivity index is 2.14. The van der Waals surface area contributed by atoms with Gasteiger partial charge in [0.2, 0.25) is 0 Å². The van der Waals surface area contributed by atoms with Crippen LogP contribution in [0.3, 0.4) is 0 Å². The molecule has 3 rings (SSSR count). The number of hydrogen-bond acceptors (Lipinski definition) is 4. The monoisotopic (exact) mass is 355 g/mol. The maximum absolute atomic E-state index is 12.5. The first-order valence-electron chi connectivity index (χ1n) is 6.02. The molecule has 0 N–H and O–H groups in total. The summed E-state index contributed by atoms with van der Waals surface area (Å²) in [5, 5.41) is 0.261. The second-order valence-corrected chi connectivity index (χ2v) is 7.10. The summed E-state index contributed by atoms with van der Waals surface area (Å²) >= 11 is 11.7. The summed E-state index contributed by atoms with van der Waals surface area (Å²) in [6.45, 7) is 0. The van der Waals surface area contributed by atoms with Gasteiger partial charge in [0.1, 0.15) is 4.90 Å². The third-order valence-electron chi connectivity index (χ3n) is 3.17. The number of carbonyl (C=O) groups excluding carboxylic acids is 2. The molecule has 22 heavy (non-hydrogen) atoms. The fourth-order valence-electron chi connectivity index (χ4n) is 2.16. The molecule has 0 radical (unpaired) electrons. The van der Waals surface area contributed by atoms with E-state index in [4.69, 9.17) is 23.2 Å². The Hall–Kier alpha value is -1.89. The maximum Gasteiger partial charge on any atom is 0.276 e. The zero-order valence-corrected chi connectivity index (χ0v) is 13.1. The van der Waals surface area contributed by atoms with Gasteiger partial charge in [-0.15, -0.1) is 0 Å². The number of hydrogen-bond donors (Lipinski definition) is 0. The molecule has 0 spiro atoms. The van der Waals surface area contributed by atoms with Gasteiger partial charge in [0.15, 0.2) is 0 Å². The molecule has 112 valence electrons. The van der Waals surface area contributed by atoms with Crippen LogP contribution in [-0.2, 0) is 10.0 Å². The van der Waals surface area contributed by atoms with Gasteiger partial charge in [-0.3, -0.25) is 9.59 Å². The van der Waals surface area contributed by atoms with Gasteiger partial charge in [-0.25, -0.2) is 8.42 Å². The van der Waals surface area contributed by atoms with E-state index in [1.807, 2.05) is 0 Å². The molecule has 8 heteroatoms. The first-order valence-corrected chi connectivity index (χ1v) is 8.21. The molecule has 1 aliphatic rings. The van der Waals surface area contributed by atoms with E-state index in [9.17, 15) is 18.0 Å². The van der Waals surface area contributed by atoms with E-state index in [0.29, 0.717) is 5.02 Å². The lowest BCUT2D eigenvalue weighted by Crippen LogP contribution is -2.36. The molecule has 0 saturated carbocycles. The topological polar surface area (TPSA) is 71.5 Å². The van der Waals surface area contributed by atoms with E-state index in [1.165, 1.54) is 42.5 Å². The first-order chi connectivity index (χ1) is 10.3. The van der Waals surface area contributed by atoms with Crippen molar-refractivity contribution in [2.75, 3.05) is 0 Å². The molecule has 0 bridgehead atoms. The molecule has 1 aliphatic heterocycles. The molecule has 0 atom stereocenters. The molecule has 5 nitrogen and oxygen atoms in total. The number of sulfonamides is 1. The van der Waals surface area contributed by atoms with Gasteiger partial charge in [0.25, 0.3) is 21.8 Å². The summed E-state index contributed by atoms with van der Waals surface area (Å²) < 4.78 is 25.0. The Kier molecular flexibility index (Phi) is 3.47. The number of imide groups is 1. The van der Waals surface area contributed by atoms with Gasteiger partial charge < -0.3 is 0 Å². The van der Waals surface area contributed by atoms with Crippen molar-refractivity contribution in [3.05, 3.63) is 63.6 Å². The van der Waals surface area contributed by atoms with Gasteiger partial charge in [-0.05, 0) is 30.3 Å². The molecule has 2 aromatic carbocycles. The van der Waals surface area contributed by atoms with Crippen molar-refractivity contribution in [2.45, 2.75) is 4.90 Å². The van der Waals surface area contributed by atoms with Crippen molar-refractivity contribution in [3.63, 3.8) is 0 Å². The minimum atomic E-state index is -4.23. The Morgan fingerprint density at radius 1 is 1.05 bits per heavy atom. The highest BCUT2D eigenvalue weighted by Gasteiger charge is 2.45. The molecule has 0 unspecified atom stereocenters. The summed E-state index contributed by atoms with van der Waals surface area (Å²) in [6.07, 6.45) is 0. The van der Waals surface area contributed by atoms with Crippen LogP contribution in [0.4, 0.5) is 0 Å². The van der Waals surface area contributed by atoms with Crippen molar-refractivity contribution in [2.24, 2.45) is 0 Å². The highest BCUT2D eigenvalue weighted by atomic mass is 35.5. The van der Waals surface area contributed by atoms with Gasteiger partial charge in [0, 0.05) is 5.02 Å². The number of benzene rings is 2. The normalized spacial score (nSPS) is 15.7. The zero-order valence-electron chi connectivity index (χ0n) is 10.8. The summed E-state index contributed by atoms with van der Waals surface area (Å²) in [4.78, 5) is 24.5. The zero-order chi connectivity index (χ0) is 16.1. The Morgan fingerprint density at radius 2 is 1.73 bits per heavy atom. The summed E-state index contributed by atoms with van der Waals surface area (Å²) in [6, 6.07) is 9.60.